The van der Waals surface area contributed by atoms with Crippen LogP contribution in [0.2, 0.25) is 0 Å². The highest BCUT2D eigenvalue weighted by molar-refractivity contribution is 7.89. The van der Waals surface area contributed by atoms with Crippen molar-refractivity contribution in [3.63, 3.8) is 0 Å². The van der Waals surface area contributed by atoms with Gasteiger partial charge in [0.05, 0.1) is 24.7 Å². The molecule has 0 saturated heterocycles. The lowest BCUT2D eigenvalue weighted by atomic mass is 9.72. The fourth-order valence-electron chi connectivity index (χ4n) is 5.49. The second kappa shape index (κ2) is 11.3. The van der Waals surface area contributed by atoms with Gasteiger partial charge in [-0.3, -0.25) is 14.4 Å². The molecule has 2 aliphatic rings. The van der Waals surface area contributed by atoms with E-state index in [-0.39, 0.29) is 37.2 Å². The standard InChI is InChI=1S/C29H32F3N3O7S/c1-17(36)33-19-7-9-20(10-8-19)43(39,40)34-28(29(30,31)32)25-21(15-27(2,3)16-22(25)37)35(26(28)38)13-12-18-6-11-23(41-4)24(14-18)42-5/h6-11,14,34H,12-13,15-16H2,1-5H3,(H,33,36)/t28-/m1/s1. The van der Waals surface area contributed by atoms with Crippen LogP contribution < -0.4 is 19.5 Å². The van der Waals surface area contributed by atoms with Crippen LogP contribution in [0, 0.1) is 5.41 Å². The first-order valence-electron chi connectivity index (χ1n) is 13.2. The summed E-state index contributed by atoms with van der Waals surface area (Å²) in [6.45, 7) is 4.36. The van der Waals surface area contributed by atoms with Gasteiger partial charge in [-0.15, -0.1) is 0 Å². The third kappa shape index (κ3) is 5.98. The number of amides is 2. The zero-order valence-corrected chi connectivity index (χ0v) is 25.0. The Morgan fingerprint density at radius 3 is 2.19 bits per heavy atom. The third-order valence-corrected chi connectivity index (χ3v) is 8.86. The summed E-state index contributed by atoms with van der Waals surface area (Å²) in [5.41, 5.74) is -4.85. The Labute approximate surface area is 247 Å². The Morgan fingerprint density at radius 2 is 1.63 bits per heavy atom. The second-order valence-corrected chi connectivity index (χ2v) is 12.9. The molecule has 10 nitrogen and oxygen atoms in total. The lowest BCUT2D eigenvalue weighted by molar-refractivity contribution is -0.188. The third-order valence-electron chi connectivity index (χ3n) is 7.39. The summed E-state index contributed by atoms with van der Waals surface area (Å²) in [5, 5.41) is 2.43. The van der Waals surface area contributed by atoms with E-state index in [4.69, 9.17) is 9.47 Å². The van der Waals surface area contributed by atoms with Crippen LogP contribution in [-0.2, 0) is 30.8 Å². The average Bonchev–Trinajstić information content (AvgIpc) is 3.13. The zero-order chi connectivity index (χ0) is 32.0. The number of anilines is 1. The molecule has 0 saturated carbocycles. The molecule has 0 unspecified atom stereocenters. The number of alkyl halides is 3. The van der Waals surface area contributed by atoms with Crippen molar-refractivity contribution in [1.82, 2.24) is 9.62 Å². The van der Waals surface area contributed by atoms with E-state index < -0.39 is 55.2 Å². The Hall–Kier alpha value is -3.91. The summed E-state index contributed by atoms with van der Waals surface area (Å²) < 4.78 is 84.4. The Balaban J connectivity index is 1.79. The predicted octanol–water partition coefficient (Wildman–Crippen LogP) is 3.97. The SMILES string of the molecule is COc1ccc(CCN2C(=O)[C@@](NS(=O)(=O)c3ccc(NC(C)=O)cc3)(C(F)(F)F)C3=C2CC(C)(C)CC3=O)cc1OC. The van der Waals surface area contributed by atoms with Gasteiger partial charge in [-0.25, -0.2) is 8.42 Å². The van der Waals surface area contributed by atoms with Gasteiger partial charge >= 0.3 is 6.18 Å². The maximum Gasteiger partial charge on any atom is 0.421 e. The van der Waals surface area contributed by atoms with Gasteiger partial charge in [-0.1, -0.05) is 19.9 Å². The molecule has 14 heteroatoms. The molecule has 2 amide bonds. The number of allylic oxidation sites excluding steroid dienone is 1. The van der Waals surface area contributed by atoms with Crippen LogP contribution in [0.3, 0.4) is 0 Å². The molecule has 1 aliphatic carbocycles. The van der Waals surface area contributed by atoms with Crippen molar-refractivity contribution in [2.24, 2.45) is 5.41 Å². The van der Waals surface area contributed by atoms with Gasteiger partial charge in [0, 0.05) is 31.3 Å². The number of Topliss-reactive ketones (excluding diaryl/α,β-unsaturated/α-hetero) is 1. The molecule has 0 fully saturated rings. The van der Waals surface area contributed by atoms with Crippen molar-refractivity contribution < 1.29 is 45.4 Å². The van der Waals surface area contributed by atoms with E-state index in [2.05, 4.69) is 5.32 Å². The van der Waals surface area contributed by atoms with E-state index in [1.807, 2.05) is 0 Å². The monoisotopic (exact) mass is 623 g/mol. The number of carbonyl (C=O) groups excluding carboxylic acids is 3. The first-order chi connectivity index (χ1) is 20.0. The van der Waals surface area contributed by atoms with Crippen LogP contribution in [-0.4, -0.2) is 63.4 Å². The number of ketones is 1. The number of nitrogens with zero attached hydrogens (tertiary/aromatic N) is 1. The first-order valence-corrected chi connectivity index (χ1v) is 14.7. The van der Waals surface area contributed by atoms with E-state index in [1.165, 1.54) is 33.3 Å². The summed E-state index contributed by atoms with van der Waals surface area (Å²) >= 11 is 0. The number of methoxy groups -OCH3 is 2. The molecule has 232 valence electrons. The van der Waals surface area contributed by atoms with Gasteiger partial charge in [0.15, 0.2) is 17.3 Å². The fourth-order valence-corrected chi connectivity index (χ4v) is 6.81. The van der Waals surface area contributed by atoms with Gasteiger partial charge in [0.25, 0.3) is 5.91 Å². The Kier molecular flexibility index (Phi) is 8.41. The molecule has 4 rings (SSSR count). The molecule has 0 spiro atoms. The maximum atomic E-state index is 15.1. The van der Waals surface area contributed by atoms with Gasteiger partial charge in [-0.2, -0.15) is 17.9 Å². The van der Waals surface area contributed by atoms with Crippen LogP contribution in [0.5, 0.6) is 11.5 Å². The molecule has 1 heterocycles. The van der Waals surface area contributed by atoms with E-state index in [0.29, 0.717) is 17.1 Å². The van der Waals surface area contributed by atoms with Crippen LogP contribution in [0.25, 0.3) is 0 Å². The molecule has 2 aromatic rings. The number of sulfonamides is 1. The number of benzene rings is 2. The summed E-state index contributed by atoms with van der Waals surface area (Å²) in [5.74, 6) is -2.19. The summed E-state index contributed by atoms with van der Waals surface area (Å²) in [6.07, 6.45) is -5.81. The number of nitrogens with one attached hydrogen (secondary N) is 2. The van der Waals surface area contributed by atoms with E-state index in [0.717, 1.165) is 17.0 Å². The minimum Gasteiger partial charge on any atom is -0.493 e. The largest absolute Gasteiger partial charge is 0.493 e. The predicted molar refractivity (Wildman–Crippen MR) is 150 cm³/mol. The molecule has 0 bridgehead atoms. The summed E-state index contributed by atoms with van der Waals surface area (Å²) in [6, 6.07) is 9.28. The molecular formula is C29H32F3N3O7S. The number of rotatable bonds is 9. The topological polar surface area (TPSA) is 131 Å². The lowest BCUT2D eigenvalue weighted by Crippen LogP contribution is -2.66. The molecule has 2 aromatic carbocycles. The summed E-state index contributed by atoms with van der Waals surface area (Å²) in [4.78, 5) is 38.9. The number of ether oxygens (including phenoxy) is 2. The molecular weight excluding hydrogens is 591 g/mol. The van der Waals surface area contributed by atoms with Crippen molar-refractivity contribution in [2.75, 3.05) is 26.1 Å². The van der Waals surface area contributed by atoms with Crippen molar-refractivity contribution >= 4 is 33.3 Å². The van der Waals surface area contributed by atoms with Crippen LogP contribution >= 0.6 is 0 Å². The molecule has 0 radical (unpaired) electrons. The highest BCUT2D eigenvalue weighted by atomic mass is 32.2. The quantitative estimate of drug-likeness (QED) is 0.432. The average molecular weight is 624 g/mol. The van der Waals surface area contributed by atoms with Crippen LogP contribution in [0.1, 0.15) is 39.2 Å². The lowest BCUT2D eigenvalue weighted by Gasteiger charge is -2.35. The number of halogens is 3. The van der Waals surface area contributed by atoms with Crippen molar-refractivity contribution in [3.05, 3.63) is 59.3 Å². The van der Waals surface area contributed by atoms with E-state index in [1.54, 1.807) is 36.8 Å². The fraction of sp³-hybridized carbons (Fsp3) is 0.414. The zero-order valence-electron chi connectivity index (χ0n) is 24.2. The highest BCUT2D eigenvalue weighted by Gasteiger charge is 2.72. The Bertz CT molecular complexity index is 1600. The van der Waals surface area contributed by atoms with E-state index in [9.17, 15) is 22.8 Å². The second-order valence-electron chi connectivity index (χ2n) is 11.2. The maximum absolute atomic E-state index is 15.1. The van der Waals surface area contributed by atoms with Gasteiger partial charge < -0.3 is 19.7 Å². The molecule has 1 aliphatic heterocycles. The number of hydrogen-bond acceptors (Lipinski definition) is 7. The minimum atomic E-state index is -5.51. The normalized spacial score (nSPS) is 20.2. The van der Waals surface area contributed by atoms with Crippen molar-refractivity contribution in [1.29, 1.82) is 0 Å². The molecule has 0 aromatic heterocycles. The van der Waals surface area contributed by atoms with Crippen LogP contribution in [0.4, 0.5) is 18.9 Å². The van der Waals surface area contributed by atoms with Crippen molar-refractivity contribution in [2.45, 2.75) is 56.6 Å². The van der Waals surface area contributed by atoms with E-state index >= 15 is 13.2 Å². The first kappa shape index (κ1) is 32.0. The van der Waals surface area contributed by atoms with Gasteiger partial charge in [-0.05, 0) is 60.2 Å². The highest BCUT2D eigenvalue weighted by Crippen LogP contribution is 2.52. The molecule has 2 N–H and O–H groups in total. The molecule has 43 heavy (non-hydrogen) atoms. The number of carbonyl (C=O) groups is 3. The number of hydrogen-bond donors (Lipinski definition) is 2. The molecule has 1 atom stereocenters. The van der Waals surface area contributed by atoms with Gasteiger partial charge in [0.2, 0.25) is 21.5 Å². The smallest absolute Gasteiger partial charge is 0.421 e. The Morgan fingerprint density at radius 1 is 1.00 bits per heavy atom. The van der Waals surface area contributed by atoms with Crippen molar-refractivity contribution in [3.8, 4) is 11.5 Å². The van der Waals surface area contributed by atoms with Crippen LogP contribution in [0.15, 0.2) is 58.6 Å². The van der Waals surface area contributed by atoms with Gasteiger partial charge in [0.1, 0.15) is 0 Å². The summed E-state index contributed by atoms with van der Waals surface area (Å²) in [7, 11) is -2.14. The minimum absolute atomic E-state index is 0.0588.